The highest BCUT2D eigenvalue weighted by atomic mass is 16.6. The van der Waals surface area contributed by atoms with Gasteiger partial charge in [-0.15, -0.1) is 0 Å². The fourth-order valence-corrected chi connectivity index (χ4v) is 1.94. The van der Waals surface area contributed by atoms with Gasteiger partial charge in [0.2, 0.25) is 0 Å². The first-order valence-electron chi connectivity index (χ1n) is 8.08. The standard InChI is InChI=1S/C17H34O2/c1-7-9-10-11-12-13-15(8-2)16(18)19-17(5,6)14(3)4/h14-15H,7-13H2,1-6H3. The van der Waals surface area contributed by atoms with Crippen LogP contribution in [-0.2, 0) is 9.53 Å². The van der Waals surface area contributed by atoms with Crippen LogP contribution in [0.4, 0.5) is 0 Å². The van der Waals surface area contributed by atoms with Crippen molar-refractivity contribution in [2.45, 2.75) is 92.1 Å². The van der Waals surface area contributed by atoms with E-state index in [0.717, 1.165) is 19.3 Å². The van der Waals surface area contributed by atoms with Crippen LogP contribution >= 0.6 is 0 Å². The lowest BCUT2D eigenvalue weighted by Crippen LogP contribution is -2.36. The Kier molecular flexibility index (Phi) is 9.12. The highest BCUT2D eigenvalue weighted by Crippen LogP contribution is 2.24. The SMILES string of the molecule is CCCCCCCC(CC)C(=O)OC(C)(C)C(C)C. The maximum Gasteiger partial charge on any atom is 0.309 e. The summed E-state index contributed by atoms with van der Waals surface area (Å²) in [6.45, 7) is 12.5. The predicted octanol–water partition coefficient (Wildman–Crippen LogP) is 5.35. The van der Waals surface area contributed by atoms with Crippen LogP contribution in [0.3, 0.4) is 0 Å². The van der Waals surface area contributed by atoms with Crippen molar-refractivity contribution in [1.82, 2.24) is 0 Å². The molecule has 0 aromatic carbocycles. The van der Waals surface area contributed by atoms with Crippen LogP contribution in [0.2, 0.25) is 0 Å². The van der Waals surface area contributed by atoms with Gasteiger partial charge in [0.1, 0.15) is 5.60 Å². The molecular formula is C17H34O2. The Morgan fingerprint density at radius 1 is 1.05 bits per heavy atom. The summed E-state index contributed by atoms with van der Waals surface area (Å²) in [4.78, 5) is 12.2. The van der Waals surface area contributed by atoms with Crippen LogP contribution in [0.1, 0.15) is 86.5 Å². The van der Waals surface area contributed by atoms with Crippen LogP contribution in [-0.4, -0.2) is 11.6 Å². The molecule has 0 aromatic rings. The Morgan fingerprint density at radius 3 is 2.11 bits per heavy atom. The molecule has 2 nitrogen and oxygen atoms in total. The second-order valence-corrected chi connectivity index (χ2v) is 6.49. The molecule has 1 atom stereocenters. The van der Waals surface area contributed by atoms with Crippen molar-refractivity contribution >= 4 is 5.97 Å². The maximum atomic E-state index is 12.2. The molecule has 2 heteroatoms. The van der Waals surface area contributed by atoms with Gasteiger partial charge in [0.25, 0.3) is 0 Å². The molecular weight excluding hydrogens is 236 g/mol. The van der Waals surface area contributed by atoms with E-state index < -0.39 is 0 Å². The summed E-state index contributed by atoms with van der Waals surface area (Å²) in [6.07, 6.45) is 8.12. The Hall–Kier alpha value is -0.530. The molecule has 114 valence electrons. The van der Waals surface area contributed by atoms with E-state index in [1.807, 2.05) is 13.8 Å². The van der Waals surface area contributed by atoms with Crippen LogP contribution in [0, 0.1) is 11.8 Å². The summed E-state index contributed by atoms with van der Waals surface area (Å²) in [7, 11) is 0. The van der Waals surface area contributed by atoms with E-state index in [-0.39, 0.29) is 17.5 Å². The van der Waals surface area contributed by atoms with Crippen molar-refractivity contribution in [2.24, 2.45) is 11.8 Å². The lowest BCUT2D eigenvalue weighted by atomic mass is 9.93. The third-order valence-corrected chi connectivity index (χ3v) is 4.24. The number of carbonyl (C=O) groups is 1. The number of rotatable bonds is 10. The molecule has 0 rings (SSSR count). The van der Waals surface area contributed by atoms with E-state index in [1.54, 1.807) is 0 Å². The van der Waals surface area contributed by atoms with Crippen LogP contribution < -0.4 is 0 Å². The highest BCUT2D eigenvalue weighted by Gasteiger charge is 2.29. The van der Waals surface area contributed by atoms with E-state index >= 15 is 0 Å². The zero-order chi connectivity index (χ0) is 14.9. The maximum absolute atomic E-state index is 12.2. The quantitative estimate of drug-likeness (QED) is 0.395. The van der Waals surface area contributed by atoms with Crippen molar-refractivity contribution in [3.63, 3.8) is 0 Å². The second-order valence-electron chi connectivity index (χ2n) is 6.49. The van der Waals surface area contributed by atoms with Gasteiger partial charge in [-0.2, -0.15) is 0 Å². The Balaban J connectivity index is 4.11. The van der Waals surface area contributed by atoms with Crippen molar-refractivity contribution in [3.8, 4) is 0 Å². The monoisotopic (exact) mass is 270 g/mol. The summed E-state index contributed by atoms with van der Waals surface area (Å²) >= 11 is 0. The van der Waals surface area contributed by atoms with Crippen LogP contribution in [0.15, 0.2) is 0 Å². The van der Waals surface area contributed by atoms with Crippen molar-refractivity contribution in [2.75, 3.05) is 0 Å². The normalized spacial score (nSPS) is 13.6. The summed E-state index contributed by atoms with van der Waals surface area (Å²) in [5.74, 6) is 0.426. The lowest BCUT2D eigenvalue weighted by Gasteiger charge is -2.31. The summed E-state index contributed by atoms with van der Waals surface area (Å²) in [5, 5.41) is 0. The molecule has 0 fully saturated rings. The van der Waals surface area contributed by atoms with Crippen molar-refractivity contribution < 1.29 is 9.53 Å². The number of esters is 1. The number of ether oxygens (including phenoxy) is 1. The molecule has 0 heterocycles. The van der Waals surface area contributed by atoms with Gasteiger partial charge in [0, 0.05) is 0 Å². The van der Waals surface area contributed by atoms with E-state index in [9.17, 15) is 4.79 Å². The molecule has 0 N–H and O–H groups in total. The van der Waals surface area contributed by atoms with E-state index in [1.165, 1.54) is 25.7 Å². The molecule has 0 bridgehead atoms. The van der Waals surface area contributed by atoms with Gasteiger partial charge in [-0.25, -0.2) is 0 Å². The first-order chi connectivity index (χ1) is 8.85. The topological polar surface area (TPSA) is 26.3 Å². The minimum absolute atomic E-state index is 0.00306. The highest BCUT2D eigenvalue weighted by molar-refractivity contribution is 5.72. The largest absolute Gasteiger partial charge is 0.459 e. The molecule has 0 amide bonds. The first-order valence-corrected chi connectivity index (χ1v) is 8.08. The number of hydrogen-bond acceptors (Lipinski definition) is 2. The Morgan fingerprint density at radius 2 is 1.63 bits per heavy atom. The first kappa shape index (κ1) is 18.5. The van der Waals surface area contributed by atoms with Gasteiger partial charge in [-0.05, 0) is 32.6 Å². The summed E-state index contributed by atoms with van der Waals surface area (Å²) < 4.78 is 5.69. The molecule has 19 heavy (non-hydrogen) atoms. The van der Waals surface area contributed by atoms with Crippen LogP contribution in [0.25, 0.3) is 0 Å². The average Bonchev–Trinajstić information content (AvgIpc) is 2.32. The predicted molar refractivity (Wildman–Crippen MR) is 82.2 cm³/mol. The summed E-state index contributed by atoms with van der Waals surface area (Å²) in [6, 6.07) is 0. The van der Waals surface area contributed by atoms with Gasteiger partial charge in [0.15, 0.2) is 0 Å². The molecule has 0 aliphatic rings. The molecule has 1 unspecified atom stereocenters. The van der Waals surface area contributed by atoms with E-state index in [0.29, 0.717) is 5.92 Å². The fourth-order valence-electron chi connectivity index (χ4n) is 1.94. The number of hydrogen-bond donors (Lipinski definition) is 0. The average molecular weight is 270 g/mol. The van der Waals surface area contributed by atoms with Crippen LogP contribution in [0.5, 0.6) is 0 Å². The fraction of sp³-hybridized carbons (Fsp3) is 0.941. The van der Waals surface area contributed by atoms with Crippen molar-refractivity contribution in [3.05, 3.63) is 0 Å². The molecule has 0 aliphatic heterocycles. The third kappa shape index (κ3) is 7.59. The lowest BCUT2D eigenvalue weighted by molar-refractivity contribution is -0.166. The molecule has 0 saturated heterocycles. The van der Waals surface area contributed by atoms with E-state index in [2.05, 4.69) is 27.7 Å². The minimum atomic E-state index is -0.354. The smallest absolute Gasteiger partial charge is 0.309 e. The van der Waals surface area contributed by atoms with E-state index in [4.69, 9.17) is 4.74 Å². The Labute approximate surface area is 120 Å². The second kappa shape index (κ2) is 9.39. The summed E-state index contributed by atoms with van der Waals surface area (Å²) in [5.41, 5.74) is -0.354. The molecule has 0 aromatic heterocycles. The zero-order valence-electron chi connectivity index (χ0n) is 13.9. The Bertz CT molecular complexity index is 244. The van der Waals surface area contributed by atoms with Gasteiger partial charge in [-0.3, -0.25) is 4.79 Å². The molecule has 0 aliphatic carbocycles. The van der Waals surface area contributed by atoms with Gasteiger partial charge in [0.05, 0.1) is 5.92 Å². The molecule has 0 spiro atoms. The third-order valence-electron chi connectivity index (χ3n) is 4.24. The number of carbonyl (C=O) groups excluding carboxylic acids is 1. The van der Waals surface area contributed by atoms with Gasteiger partial charge >= 0.3 is 5.97 Å². The van der Waals surface area contributed by atoms with Gasteiger partial charge < -0.3 is 4.74 Å². The molecule has 0 saturated carbocycles. The molecule has 0 radical (unpaired) electrons. The van der Waals surface area contributed by atoms with Crippen molar-refractivity contribution in [1.29, 1.82) is 0 Å². The number of unbranched alkanes of at least 4 members (excludes halogenated alkanes) is 4. The zero-order valence-corrected chi connectivity index (χ0v) is 13.9. The van der Waals surface area contributed by atoms with Gasteiger partial charge in [-0.1, -0.05) is 59.8 Å². The minimum Gasteiger partial charge on any atom is -0.459 e.